The van der Waals surface area contributed by atoms with Crippen LogP contribution in [0.1, 0.15) is 29.5 Å². The van der Waals surface area contributed by atoms with Crippen molar-refractivity contribution in [3.05, 3.63) is 59.2 Å². The van der Waals surface area contributed by atoms with E-state index in [0.29, 0.717) is 11.7 Å². The van der Waals surface area contributed by atoms with Gasteiger partial charge in [0.2, 0.25) is 0 Å². The number of carbonyl (C=O) groups is 1. The van der Waals surface area contributed by atoms with E-state index in [9.17, 15) is 4.79 Å². The van der Waals surface area contributed by atoms with E-state index < -0.39 is 0 Å². The zero-order valence-corrected chi connectivity index (χ0v) is 17.5. The van der Waals surface area contributed by atoms with Crippen LogP contribution in [0.2, 0.25) is 0 Å². The molecule has 0 spiro atoms. The first-order valence-corrected chi connectivity index (χ1v) is 10.6. The summed E-state index contributed by atoms with van der Waals surface area (Å²) in [6.45, 7) is 6.98. The minimum atomic E-state index is -0.0285. The third-order valence-corrected chi connectivity index (χ3v) is 6.22. The average molecular weight is 394 g/mol. The summed E-state index contributed by atoms with van der Waals surface area (Å²) in [5, 5.41) is 3.03. The van der Waals surface area contributed by atoms with E-state index in [4.69, 9.17) is 4.74 Å². The molecule has 29 heavy (non-hydrogen) atoms. The molecule has 4 rings (SSSR count). The van der Waals surface area contributed by atoms with Gasteiger partial charge in [-0.05, 0) is 60.9 Å². The van der Waals surface area contributed by atoms with Crippen LogP contribution < -0.4 is 10.1 Å². The molecule has 0 bridgehead atoms. The molecule has 2 aliphatic rings. The van der Waals surface area contributed by atoms with Crippen LogP contribution in [-0.4, -0.2) is 49.1 Å². The van der Waals surface area contributed by atoms with Crippen molar-refractivity contribution in [1.82, 2.24) is 9.80 Å². The maximum absolute atomic E-state index is 12.7. The second-order valence-electron chi connectivity index (χ2n) is 8.32. The van der Waals surface area contributed by atoms with Gasteiger partial charge < -0.3 is 15.0 Å². The van der Waals surface area contributed by atoms with Crippen molar-refractivity contribution in [3.63, 3.8) is 0 Å². The number of ether oxygens (including phenoxy) is 1. The normalized spacial score (nSPS) is 17.7. The number of rotatable bonds is 4. The number of hydrogen-bond donors (Lipinski definition) is 1. The number of methoxy groups -OCH3 is 1. The molecule has 0 aliphatic carbocycles. The van der Waals surface area contributed by atoms with Crippen LogP contribution in [0.15, 0.2) is 42.5 Å². The molecule has 2 aromatic carbocycles. The Morgan fingerprint density at radius 3 is 2.62 bits per heavy atom. The second-order valence-corrected chi connectivity index (χ2v) is 8.32. The van der Waals surface area contributed by atoms with Crippen molar-refractivity contribution >= 4 is 11.7 Å². The molecule has 1 fully saturated rings. The number of aryl methyl sites for hydroxylation is 1. The van der Waals surface area contributed by atoms with Crippen LogP contribution in [0.25, 0.3) is 0 Å². The van der Waals surface area contributed by atoms with E-state index in [1.165, 1.54) is 11.1 Å². The first-order chi connectivity index (χ1) is 14.1. The van der Waals surface area contributed by atoms with E-state index >= 15 is 0 Å². The number of nitrogens with zero attached hydrogens (tertiary/aromatic N) is 2. The van der Waals surface area contributed by atoms with Gasteiger partial charge in [-0.1, -0.05) is 30.3 Å². The summed E-state index contributed by atoms with van der Waals surface area (Å²) in [6, 6.07) is 14.6. The van der Waals surface area contributed by atoms with Gasteiger partial charge in [0.1, 0.15) is 5.75 Å². The number of piperidine rings is 1. The maximum atomic E-state index is 12.7. The highest BCUT2D eigenvalue weighted by Gasteiger charge is 2.26. The Labute approximate surface area is 173 Å². The molecule has 2 amide bonds. The Bertz CT molecular complexity index is 859. The fraction of sp³-hybridized carbons (Fsp3) is 0.458. The van der Waals surface area contributed by atoms with Gasteiger partial charge in [-0.2, -0.15) is 0 Å². The smallest absolute Gasteiger partial charge is 0.321 e. The molecule has 0 aromatic heterocycles. The summed E-state index contributed by atoms with van der Waals surface area (Å²) in [6.07, 6.45) is 3.28. The molecule has 0 saturated carbocycles. The standard InChI is InChI=1S/C24H31N3O2/c1-18-7-8-23(29-2)22(15-18)25-24(28)27-13-9-19(10-14-27)16-26-12-11-20-5-3-4-6-21(20)17-26/h3-8,15,19H,9-14,16-17H2,1-2H3,(H,25,28). The van der Waals surface area contributed by atoms with Crippen molar-refractivity contribution in [2.24, 2.45) is 5.92 Å². The Kier molecular flexibility index (Phi) is 6.05. The van der Waals surface area contributed by atoms with E-state index in [2.05, 4.69) is 34.5 Å². The quantitative estimate of drug-likeness (QED) is 0.842. The predicted molar refractivity (Wildman–Crippen MR) is 116 cm³/mol. The van der Waals surface area contributed by atoms with Crippen LogP contribution in [0, 0.1) is 12.8 Å². The number of fused-ring (bicyclic) bond motifs is 1. The van der Waals surface area contributed by atoms with E-state index in [-0.39, 0.29) is 6.03 Å². The number of carbonyl (C=O) groups excluding carboxylic acids is 1. The van der Waals surface area contributed by atoms with Gasteiger partial charge in [0.05, 0.1) is 12.8 Å². The van der Waals surface area contributed by atoms with Gasteiger partial charge in [-0.25, -0.2) is 4.79 Å². The lowest BCUT2D eigenvalue weighted by molar-refractivity contribution is 0.147. The van der Waals surface area contributed by atoms with Crippen LogP contribution in [0.5, 0.6) is 5.75 Å². The van der Waals surface area contributed by atoms with Gasteiger partial charge in [-0.15, -0.1) is 0 Å². The molecule has 2 heterocycles. The monoisotopic (exact) mass is 393 g/mol. The zero-order chi connectivity index (χ0) is 20.2. The highest BCUT2D eigenvalue weighted by Crippen LogP contribution is 2.27. The second kappa shape index (κ2) is 8.87. The Morgan fingerprint density at radius 1 is 1.10 bits per heavy atom. The van der Waals surface area contributed by atoms with Crippen molar-refractivity contribution in [1.29, 1.82) is 0 Å². The van der Waals surface area contributed by atoms with E-state index in [1.807, 2.05) is 30.0 Å². The van der Waals surface area contributed by atoms with E-state index in [0.717, 1.165) is 63.2 Å². The predicted octanol–water partition coefficient (Wildman–Crippen LogP) is 4.31. The molecule has 1 saturated heterocycles. The highest BCUT2D eigenvalue weighted by atomic mass is 16.5. The molecule has 5 heteroatoms. The number of benzene rings is 2. The van der Waals surface area contributed by atoms with Crippen LogP contribution in [-0.2, 0) is 13.0 Å². The summed E-state index contributed by atoms with van der Waals surface area (Å²) in [5.74, 6) is 1.36. The Morgan fingerprint density at radius 2 is 1.86 bits per heavy atom. The molecule has 2 aromatic rings. The fourth-order valence-corrected chi connectivity index (χ4v) is 4.51. The van der Waals surface area contributed by atoms with Gasteiger partial charge >= 0.3 is 6.03 Å². The summed E-state index contributed by atoms with van der Waals surface area (Å²) in [5.41, 5.74) is 4.82. The van der Waals surface area contributed by atoms with Gasteiger partial charge in [-0.3, -0.25) is 4.90 Å². The van der Waals surface area contributed by atoms with Crippen molar-refractivity contribution < 1.29 is 9.53 Å². The number of anilines is 1. The van der Waals surface area contributed by atoms with E-state index in [1.54, 1.807) is 7.11 Å². The SMILES string of the molecule is COc1ccc(C)cc1NC(=O)N1CCC(CN2CCc3ccccc3C2)CC1. The molecule has 2 aliphatic heterocycles. The molecular formula is C24H31N3O2. The Hall–Kier alpha value is -2.53. The molecular weight excluding hydrogens is 362 g/mol. The Balaban J connectivity index is 1.27. The fourth-order valence-electron chi connectivity index (χ4n) is 4.51. The maximum Gasteiger partial charge on any atom is 0.321 e. The largest absolute Gasteiger partial charge is 0.495 e. The number of amides is 2. The number of urea groups is 1. The third-order valence-electron chi connectivity index (χ3n) is 6.22. The third kappa shape index (κ3) is 4.73. The summed E-state index contributed by atoms with van der Waals surface area (Å²) < 4.78 is 5.38. The molecule has 154 valence electrons. The minimum Gasteiger partial charge on any atom is -0.495 e. The summed E-state index contributed by atoms with van der Waals surface area (Å²) in [4.78, 5) is 17.2. The lowest BCUT2D eigenvalue weighted by atomic mass is 9.94. The lowest BCUT2D eigenvalue weighted by Crippen LogP contribution is -2.44. The van der Waals surface area contributed by atoms with Crippen LogP contribution >= 0.6 is 0 Å². The summed E-state index contributed by atoms with van der Waals surface area (Å²) >= 11 is 0. The average Bonchev–Trinajstić information content (AvgIpc) is 2.74. The van der Waals surface area contributed by atoms with Crippen LogP contribution in [0.3, 0.4) is 0 Å². The molecule has 0 atom stereocenters. The number of nitrogens with one attached hydrogen (secondary N) is 1. The molecule has 1 N–H and O–H groups in total. The van der Waals surface area contributed by atoms with Crippen molar-refractivity contribution in [3.8, 4) is 5.75 Å². The van der Waals surface area contributed by atoms with Crippen molar-refractivity contribution in [2.75, 3.05) is 38.6 Å². The minimum absolute atomic E-state index is 0.0285. The summed E-state index contributed by atoms with van der Waals surface area (Å²) in [7, 11) is 1.63. The molecule has 0 radical (unpaired) electrons. The van der Waals surface area contributed by atoms with Gasteiger partial charge in [0.15, 0.2) is 0 Å². The first kappa shape index (κ1) is 19.8. The number of hydrogen-bond acceptors (Lipinski definition) is 3. The van der Waals surface area contributed by atoms with Gasteiger partial charge in [0, 0.05) is 32.7 Å². The molecule has 5 nitrogen and oxygen atoms in total. The van der Waals surface area contributed by atoms with Gasteiger partial charge in [0.25, 0.3) is 0 Å². The lowest BCUT2D eigenvalue weighted by Gasteiger charge is -2.36. The highest BCUT2D eigenvalue weighted by molar-refractivity contribution is 5.91. The zero-order valence-electron chi connectivity index (χ0n) is 17.5. The van der Waals surface area contributed by atoms with Crippen LogP contribution in [0.4, 0.5) is 10.5 Å². The van der Waals surface area contributed by atoms with Crippen molar-refractivity contribution in [2.45, 2.75) is 32.7 Å². The number of likely N-dealkylation sites (tertiary alicyclic amines) is 1. The topological polar surface area (TPSA) is 44.8 Å². The first-order valence-electron chi connectivity index (χ1n) is 10.6. The molecule has 0 unspecified atom stereocenters.